The molecule has 1 atom stereocenters. The first-order valence-corrected chi connectivity index (χ1v) is 6.12. The summed E-state index contributed by atoms with van der Waals surface area (Å²) in [5, 5.41) is 12.2. The Morgan fingerprint density at radius 3 is 2.76 bits per heavy atom. The summed E-state index contributed by atoms with van der Waals surface area (Å²) in [7, 11) is 0. The van der Waals surface area contributed by atoms with Crippen molar-refractivity contribution in [1.82, 2.24) is 5.32 Å². The molecule has 0 saturated heterocycles. The van der Waals surface area contributed by atoms with Gasteiger partial charge in [0.2, 0.25) is 5.91 Å². The number of aryl methyl sites for hydroxylation is 1. The molecular weight excluding hydrogens is 214 g/mol. The van der Waals surface area contributed by atoms with Crippen molar-refractivity contribution in [3.05, 3.63) is 35.4 Å². The quantitative estimate of drug-likeness (QED) is 0.790. The molecule has 17 heavy (non-hydrogen) atoms. The molecule has 3 nitrogen and oxygen atoms in total. The van der Waals surface area contributed by atoms with E-state index in [1.54, 1.807) is 0 Å². The molecule has 0 fully saturated rings. The normalized spacial score (nSPS) is 12.2. The third kappa shape index (κ3) is 5.00. The average Bonchev–Trinajstić information content (AvgIpc) is 2.32. The van der Waals surface area contributed by atoms with Crippen molar-refractivity contribution in [3.63, 3.8) is 0 Å². The Bertz CT molecular complexity index is 363. The van der Waals surface area contributed by atoms with Crippen LogP contribution in [0.15, 0.2) is 24.3 Å². The molecule has 1 amide bonds. The second-order valence-corrected chi connectivity index (χ2v) is 4.30. The molecule has 0 aliphatic carbocycles. The van der Waals surface area contributed by atoms with Gasteiger partial charge in [0.05, 0.1) is 12.5 Å². The van der Waals surface area contributed by atoms with Gasteiger partial charge in [-0.1, -0.05) is 31.2 Å². The molecule has 1 unspecified atom stereocenters. The van der Waals surface area contributed by atoms with Gasteiger partial charge in [-0.25, -0.2) is 0 Å². The molecule has 0 radical (unpaired) electrons. The fourth-order valence-corrected chi connectivity index (χ4v) is 1.63. The number of hydrogen-bond acceptors (Lipinski definition) is 2. The minimum Gasteiger partial charge on any atom is -0.393 e. The summed E-state index contributed by atoms with van der Waals surface area (Å²) in [5.41, 5.74) is 2.19. The van der Waals surface area contributed by atoms with Crippen LogP contribution >= 0.6 is 0 Å². The Balaban J connectivity index is 2.33. The van der Waals surface area contributed by atoms with E-state index in [1.165, 1.54) is 0 Å². The SMILES string of the molecule is CCC(O)CCNC(=O)Cc1ccccc1C. The second kappa shape index (κ2) is 7.07. The Labute approximate surface area is 103 Å². The molecule has 0 aromatic heterocycles. The highest BCUT2D eigenvalue weighted by Gasteiger charge is 2.06. The number of carbonyl (C=O) groups excluding carboxylic acids is 1. The topological polar surface area (TPSA) is 49.3 Å². The molecule has 0 saturated carbocycles. The molecule has 0 heterocycles. The number of rotatable bonds is 6. The van der Waals surface area contributed by atoms with Gasteiger partial charge in [-0.2, -0.15) is 0 Å². The number of amides is 1. The molecule has 1 rings (SSSR count). The maximum atomic E-state index is 11.6. The first-order chi connectivity index (χ1) is 8.13. The zero-order valence-corrected chi connectivity index (χ0v) is 10.6. The van der Waals surface area contributed by atoms with E-state index in [2.05, 4.69) is 5.32 Å². The summed E-state index contributed by atoms with van der Waals surface area (Å²) >= 11 is 0. The maximum absolute atomic E-state index is 11.6. The lowest BCUT2D eigenvalue weighted by Crippen LogP contribution is -2.28. The van der Waals surface area contributed by atoms with Gasteiger partial charge in [0.15, 0.2) is 0 Å². The lowest BCUT2D eigenvalue weighted by atomic mass is 10.1. The van der Waals surface area contributed by atoms with Gasteiger partial charge in [-0.3, -0.25) is 4.79 Å². The molecule has 0 spiro atoms. The monoisotopic (exact) mass is 235 g/mol. The number of carbonyl (C=O) groups is 1. The van der Waals surface area contributed by atoms with Gasteiger partial charge in [-0.15, -0.1) is 0 Å². The van der Waals surface area contributed by atoms with E-state index in [1.807, 2.05) is 38.1 Å². The highest BCUT2D eigenvalue weighted by atomic mass is 16.3. The van der Waals surface area contributed by atoms with E-state index in [0.717, 1.165) is 17.5 Å². The highest BCUT2D eigenvalue weighted by molar-refractivity contribution is 5.78. The van der Waals surface area contributed by atoms with Crippen LogP contribution in [-0.2, 0) is 11.2 Å². The molecule has 0 aliphatic heterocycles. The van der Waals surface area contributed by atoms with Crippen molar-refractivity contribution < 1.29 is 9.90 Å². The second-order valence-electron chi connectivity index (χ2n) is 4.30. The lowest BCUT2D eigenvalue weighted by Gasteiger charge is -2.09. The zero-order valence-electron chi connectivity index (χ0n) is 10.6. The van der Waals surface area contributed by atoms with Crippen LogP contribution in [0.1, 0.15) is 30.9 Å². The first kappa shape index (κ1) is 13.7. The van der Waals surface area contributed by atoms with Crippen LogP contribution in [0.4, 0.5) is 0 Å². The Morgan fingerprint density at radius 2 is 2.12 bits per heavy atom. The van der Waals surface area contributed by atoms with Gasteiger partial charge in [0, 0.05) is 6.54 Å². The minimum atomic E-state index is -0.311. The smallest absolute Gasteiger partial charge is 0.224 e. The van der Waals surface area contributed by atoms with Crippen LogP contribution in [0.2, 0.25) is 0 Å². The van der Waals surface area contributed by atoms with Gasteiger partial charge in [0.25, 0.3) is 0 Å². The summed E-state index contributed by atoms with van der Waals surface area (Å²) in [6.07, 6.45) is 1.45. The van der Waals surface area contributed by atoms with Crippen LogP contribution in [0.5, 0.6) is 0 Å². The largest absolute Gasteiger partial charge is 0.393 e. The van der Waals surface area contributed by atoms with Crippen molar-refractivity contribution in [3.8, 4) is 0 Å². The zero-order chi connectivity index (χ0) is 12.7. The fourth-order valence-electron chi connectivity index (χ4n) is 1.63. The number of benzene rings is 1. The molecule has 1 aromatic carbocycles. The third-order valence-corrected chi connectivity index (χ3v) is 2.88. The summed E-state index contributed by atoms with van der Waals surface area (Å²) in [6, 6.07) is 7.88. The first-order valence-electron chi connectivity index (χ1n) is 6.12. The van der Waals surface area contributed by atoms with Crippen molar-refractivity contribution in [2.45, 2.75) is 39.2 Å². The van der Waals surface area contributed by atoms with E-state index in [4.69, 9.17) is 0 Å². The van der Waals surface area contributed by atoms with Crippen LogP contribution in [0.3, 0.4) is 0 Å². The molecule has 94 valence electrons. The average molecular weight is 235 g/mol. The predicted octanol–water partition coefficient (Wildman–Crippen LogP) is 1.81. The van der Waals surface area contributed by atoms with Crippen molar-refractivity contribution in [2.75, 3.05) is 6.54 Å². The van der Waals surface area contributed by atoms with Gasteiger partial charge in [0.1, 0.15) is 0 Å². The van der Waals surface area contributed by atoms with Crippen LogP contribution in [-0.4, -0.2) is 23.7 Å². The number of hydrogen-bond donors (Lipinski definition) is 2. The third-order valence-electron chi connectivity index (χ3n) is 2.88. The predicted molar refractivity (Wildman–Crippen MR) is 68.8 cm³/mol. The van der Waals surface area contributed by atoms with E-state index in [-0.39, 0.29) is 12.0 Å². The number of aliphatic hydroxyl groups is 1. The number of nitrogens with one attached hydrogen (secondary N) is 1. The molecular formula is C14H21NO2. The van der Waals surface area contributed by atoms with Crippen LogP contribution < -0.4 is 5.32 Å². The molecule has 3 heteroatoms. The Morgan fingerprint density at radius 1 is 1.41 bits per heavy atom. The van der Waals surface area contributed by atoms with E-state index < -0.39 is 0 Å². The summed E-state index contributed by atoms with van der Waals surface area (Å²) in [6.45, 7) is 4.48. The van der Waals surface area contributed by atoms with Crippen molar-refractivity contribution in [1.29, 1.82) is 0 Å². The molecule has 0 aliphatic rings. The van der Waals surface area contributed by atoms with Crippen LogP contribution in [0, 0.1) is 6.92 Å². The fraction of sp³-hybridized carbons (Fsp3) is 0.500. The maximum Gasteiger partial charge on any atom is 0.224 e. The number of aliphatic hydroxyl groups excluding tert-OH is 1. The molecule has 2 N–H and O–H groups in total. The summed E-state index contributed by atoms with van der Waals surface area (Å²) in [4.78, 5) is 11.6. The van der Waals surface area contributed by atoms with Gasteiger partial charge >= 0.3 is 0 Å². The van der Waals surface area contributed by atoms with E-state index in [9.17, 15) is 9.90 Å². The summed E-state index contributed by atoms with van der Waals surface area (Å²) in [5.74, 6) is 0.0163. The van der Waals surface area contributed by atoms with Gasteiger partial charge < -0.3 is 10.4 Å². The molecule has 0 bridgehead atoms. The highest BCUT2D eigenvalue weighted by Crippen LogP contribution is 2.07. The Kier molecular flexibility index (Phi) is 5.70. The Hall–Kier alpha value is -1.35. The minimum absolute atomic E-state index is 0.0163. The van der Waals surface area contributed by atoms with Crippen molar-refractivity contribution >= 4 is 5.91 Å². The lowest BCUT2D eigenvalue weighted by molar-refractivity contribution is -0.120. The van der Waals surface area contributed by atoms with E-state index in [0.29, 0.717) is 19.4 Å². The van der Waals surface area contributed by atoms with Crippen LogP contribution in [0.25, 0.3) is 0 Å². The van der Waals surface area contributed by atoms with Crippen molar-refractivity contribution in [2.24, 2.45) is 0 Å². The summed E-state index contributed by atoms with van der Waals surface area (Å²) < 4.78 is 0. The van der Waals surface area contributed by atoms with E-state index >= 15 is 0 Å². The standard InChI is InChI=1S/C14H21NO2/c1-3-13(16)8-9-15-14(17)10-12-7-5-4-6-11(12)2/h4-7,13,16H,3,8-10H2,1-2H3,(H,15,17). The van der Waals surface area contributed by atoms with Gasteiger partial charge in [-0.05, 0) is 30.9 Å². The molecule has 1 aromatic rings.